The van der Waals surface area contributed by atoms with Gasteiger partial charge in [0, 0.05) is 11.8 Å². The standard InChI is InChI=1S/C13H9F2N3S/c14-7-1-3-10(9(15)5-7)17-13-18-11-4-2-8(16)6-12(11)19-13/h1-6H,16H2,(H,17,18). The number of nitrogens with one attached hydrogen (secondary N) is 1. The Morgan fingerprint density at radius 2 is 1.95 bits per heavy atom. The minimum absolute atomic E-state index is 0.188. The first-order valence-electron chi connectivity index (χ1n) is 5.50. The van der Waals surface area contributed by atoms with Crippen molar-refractivity contribution >= 4 is 38.1 Å². The Kier molecular flexibility index (Phi) is 2.79. The first kappa shape index (κ1) is 11.9. The van der Waals surface area contributed by atoms with Gasteiger partial charge in [-0.2, -0.15) is 0 Å². The normalized spacial score (nSPS) is 10.8. The third kappa shape index (κ3) is 2.34. The van der Waals surface area contributed by atoms with E-state index < -0.39 is 11.6 Å². The van der Waals surface area contributed by atoms with Gasteiger partial charge in [-0.05, 0) is 30.3 Å². The highest BCUT2D eigenvalue weighted by Gasteiger charge is 2.08. The molecule has 0 aliphatic heterocycles. The third-order valence-electron chi connectivity index (χ3n) is 2.59. The van der Waals surface area contributed by atoms with E-state index in [1.54, 1.807) is 18.2 Å². The number of rotatable bonds is 2. The van der Waals surface area contributed by atoms with Gasteiger partial charge in [0.15, 0.2) is 5.13 Å². The molecule has 0 atom stereocenters. The molecule has 0 radical (unpaired) electrons. The number of anilines is 3. The van der Waals surface area contributed by atoms with Crippen molar-refractivity contribution in [1.82, 2.24) is 4.98 Å². The molecule has 1 heterocycles. The summed E-state index contributed by atoms with van der Waals surface area (Å²) in [6.45, 7) is 0. The predicted molar refractivity (Wildman–Crippen MR) is 73.7 cm³/mol. The van der Waals surface area contributed by atoms with Gasteiger partial charge in [-0.1, -0.05) is 11.3 Å². The van der Waals surface area contributed by atoms with Crippen molar-refractivity contribution in [2.75, 3.05) is 11.1 Å². The summed E-state index contributed by atoms with van der Waals surface area (Å²) in [5.41, 5.74) is 7.30. The summed E-state index contributed by atoms with van der Waals surface area (Å²) in [5, 5.41) is 3.37. The summed E-state index contributed by atoms with van der Waals surface area (Å²) >= 11 is 1.36. The molecule has 0 aliphatic carbocycles. The monoisotopic (exact) mass is 277 g/mol. The van der Waals surface area contributed by atoms with E-state index in [2.05, 4.69) is 10.3 Å². The Bertz CT molecular complexity index is 755. The van der Waals surface area contributed by atoms with Gasteiger partial charge in [0.2, 0.25) is 0 Å². The quantitative estimate of drug-likeness (QED) is 0.698. The number of nitrogen functional groups attached to an aromatic ring is 1. The van der Waals surface area contributed by atoms with Crippen LogP contribution in [0.15, 0.2) is 36.4 Å². The zero-order valence-corrected chi connectivity index (χ0v) is 10.5. The number of hydrogen-bond donors (Lipinski definition) is 2. The van der Waals surface area contributed by atoms with Gasteiger partial charge >= 0.3 is 0 Å². The maximum atomic E-state index is 13.5. The Balaban J connectivity index is 1.96. The van der Waals surface area contributed by atoms with Gasteiger partial charge in [0.1, 0.15) is 11.6 Å². The maximum absolute atomic E-state index is 13.5. The summed E-state index contributed by atoms with van der Waals surface area (Å²) in [5.74, 6) is -1.26. The third-order valence-corrected chi connectivity index (χ3v) is 3.52. The van der Waals surface area contributed by atoms with Crippen LogP contribution in [0.5, 0.6) is 0 Å². The minimum Gasteiger partial charge on any atom is -0.399 e. The first-order chi connectivity index (χ1) is 9.11. The molecule has 3 N–H and O–H groups in total. The lowest BCUT2D eigenvalue weighted by Crippen LogP contribution is -1.93. The fourth-order valence-corrected chi connectivity index (χ4v) is 2.63. The summed E-state index contributed by atoms with van der Waals surface area (Å²) < 4.78 is 27.2. The number of halogens is 2. The second-order valence-electron chi connectivity index (χ2n) is 4.00. The fraction of sp³-hybridized carbons (Fsp3) is 0. The fourth-order valence-electron chi connectivity index (χ4n) is 1.70. The molecule has 0 unspecified atom stereocenters. The molecular formula is C13H9F2N3S. The molecule has 96 valence electrons. The van der Waals surface area contributed by atoms with Crippen LogP contribution in [0.25, 0.3) is 10.2 Å². The van der Waals surface area contributed by atoms with Crippen LogP contribution in [-0.2, 0) is 0 Å². The van der Waals surface area contributed by atoms with Crippen molar-refractivity contribution in [3.63, 3.8) is 0 Å². The second kappa shape index (κ2) is 4.47. The van der Waals surface area contributed by atoms with Crippen LogP contribution in [0.2, 0.25) is 0 Å². The Hall–Kier alpha value is -2.21. The number of fused-ring (bicyclic) bond motifs is 1. The number of benzene rings is 2. The zero-order valence-electron chi connectivity index (χ0n) is 9.65. The van der Waals surface area contributed by atoms with Crippen molar-refractivity contribution in [3.8, 4) is 0 Å². The van der Waals surface area contributed by atoms with E-state index in [1.165, 1.54) is 23.5 Å². The first-order valence-corrected chi connectivity index (χ1v) is 6.31. The smallest absolute Gasteiger partial charge is 0.188 e. The van der Waals surface area contributed by atoms with E-state index in [-0.39, 0.29) is 5.69 Å². The lowest BCUT2D eigenvalue weighted by Gasteiger charge is -2.03. The van der Waals surface area contributed by atoms with E-state index in [0.717, 1.165) is 16.3 Å². The summed E-state index contributed by atoms with van der Waals surface area (Å²) in [7, 11) is 0. The van der Waals surface area contributed by atoms with Crippen molar-refractivity contribution in [3.05, 3.63) is 48.0 Å². The van der Waals surface area contributed by atoms with Crippen molar-refractivity contribution in [1.29, 1.82) is 0 Å². The molecule has 0 fully saturated rings. The van der Waals surface area contributed by atoms with E-state index in [0.29, 0.717) is 10.8 Å². The number of thiazole rings is 1. The average Bonchev–Trinajstić information content (AvgIpc) is 2.74. The topological polar surface area (TPSA) is 50.9 Å². The van der Waals surface area contributed by atoms with Gasteiger partial charge in [0.05, 0.1) is 15.9 Å². The molecule has 0 aliphatic rings. The molecule has 0 bridgehead atoms. The van der Waals surface area contributed by atoms with Gasteiger partial charge < -0.3 is 11.1 Å². The molecule has 6 heteroatoms. The molecule has 3 nitrogen and oxygen atoms in total. The average molecular weight is 277 g/mol. The van der Waals surface area contributed by atoms with Crippen molar-refractivity contribution in [2.45, 2.75) is 0 Å². The molecule has 2 aromatic carbocycles. The summed E-state index contributed by atoms with van der Waals surface area (Å²) in [6.07, 6.45) is 0. The van der Waals surface area contributed by atoms with E-state index in [4.69, 9.17) is 5.73 Å². The number of nitrogens with zero attached hydrogens (tertiary/aromatic N) is 1. The molecule has 3 aromatic rings. The zero-order chi connectivity index (χ0) is 13.4. The van der Waals surface area contributed by atoms with Crippen LogP contribution in [0.3, 0.4) is 0 Å². The second-order valence-corrected chi connectivity index (χ2v) is 5.03. The maximum Gasteiger partial charge on any atom is 0.188 e. The lowest BCUT2D eigenvalue weighted by molar-refractivity contribution is 0.586. The van der Waals surface area contributed by atoms with Crippen LogP contribution in [0.1, 0.15) is 0 Å². The van der Waals surface area contributed by atoms with E-state index in [9.17, 15) is 8.78 Å². The molecule has 19 heavy (non-hydrogen) atoms. The number of aromatic nitrogens is 1. The van der Waals surface area contributed by atoms with Crippen LogP contribution in [0.4, 0.5) is 25.3 Å². The van der Waals surface area contributed by atoms with Crippen molar-refractivity contribution in [2.24, 2.45) is 0 Å². The Morgan fingerprint density at radius 3 is 2.74 bits per heavy atom. The Morgan fingerprint density at radius 1 is 1.11 bits per heavy atom. The molecular weight excluding hydrogens is 268 g/mol. The number of hydrogen-bond acceptors (Lipinski definition) is 4. The molecule has 0 spiro atoms. The highest BCUT2D eigenvalue weighted by Crippen LogP contribution is 2.30. The van der Waals surface area contributed by atoms with Gasteiger partial charge in [-0.25, -0.2) is 13.8 Å². The molecule has 0 saturated carbocycles. The molecule has 0 saturated heterocycles. The van der Waals surface area contributed by atoms with Crippen molar-refractivity contribution < 1.29 is 8.78 Å². The van der Waals surface area contributed by atoms with Crippen LogP contribution < -0.4 is 11.1 Å². The summed E-state index contributed by atoms with van der Waals surface area (Å²) in [4.78, 5) is 4.30. The van der Waals surface area contributed by atoms with Crippen LogP contribution >= 0.6 is 11.3 Å². The van der Waals surface area contributed by atoms with E-state index in [1.807, 2.05) is 0 Å². The van der Waals surface area contributed by atoms with Gasteiger partial charge in [-0.15, -0.1) is 0 Å². The lowest BCUT2D eigenvalue weighted by atomic mass is 10.3. The molecule has 0 amide bonds. The predicted octanol–water partition coefficient (Wildman–Crippen LogP) is 3.90. The van der Waals surface area contributed by atoms with Gasteiger partial charge in [0.25, 0.3) is 0 Å². The Labute approximate surface area is 111 Å². The summed E-state index contributed by atoms with van der Waals surface area (Å²) in [6, 6.07) is 8.71. The SMILES string of the molecule is Nc1ccc2nc(Nc3ccc(F)cc3F)sc2c1. The van der Waals surface area contributed by atoms with E-state index >= 15 is 0 Å². The molecule has 1 aromatic heterocycles. The van der Waals surface area contributed by atoms with Gasteiger partial charge in [-0.3, -0.25) is 0 Å². The highest BCUT2D eigenvalue weighted by molar-refractivity contribution is 7.22. The minimum atomic E-state index is -0.654. The van der Waals surface area contributed by atoms with Crippen LogP contribution in [0, 0.1) is 11.6 Å². The number of nitrogens with two attached hydrogens (primary N) is 1. The molecule has 3 rings (SSSR count). The van der Waals surface area contributed by atoms with Crippen LogP contribution in [-0.4, -0.2) is 4.98 Å². The largest absolute Gasteiger partial charge is 0.399 e. The highest BCUT2D eigenvalue weighted by atomic mass is 32.1.